The van der Waals surface area contributed by atoms with Crippen LogP contribution in [-0.2, 0) is 10.3 Å². The van der Waals surface area contributed by atoms with Crippen molar-refractivity contribution in [2.45, 2.75) is 12.0 Å². The van der Waals surface area contributed by atoms with Crippen LogP contribution >= 0.6 is 0 Å². The zero-order chi connectivity index (χ0) is 21.5. The predicted octanol–water partition coefficient (Wildman–Crippen LogP) is 3.25. The number of pyridine rings is 2. The standard InChI is InChI=1S/C21H16F3N5O/c1-29-19(30)21(28-20(29)25,15-5-6-27-17(9-15)18(23)24)14-4-2-3-12(7-14)13-8-16(22)11-26-10-13/h2-11,18H,1H3,(H2,25,28). The zero-order valence-electron chi connectivity index (χ0n) is 15.8. The molecule has 0 saturated heterocycles. The van der Waals surface area contributed by atoms with Gasteiger partial charge in [0, 0.05) is 25.0 Å². The van der Waals surface area contributed by atoms with E-state index in [4.69, 9.17) is 5.73 Å². The van der Waals surface area contributed by atoms with Gasteiger partial charge in [0.2, 0.25) is 0 Å². The molecule has 2 N–H and O–H groups in total. The number of carbonyl (C=O) groups excluding carboxylic acids is 1. The average molecular weight is 411 g/mol. The van der Waals surface area contributed by atoms with Crippen LogP contribution in [0.4, 0.5) is 13.2 Å². The number of aliphatic imine (C=N–C) groups is 1. The Hall–Kier alpha value is -3.75. The van der Waals surface area contributed by atoms with Crippen molar-refractivity contribution in [3.8, 4) is 11.1 Å². The first-order chi connectivity index (χ1) is 14.3. The van der Waals surface area contributed by atoms with Gasteiger partial charge in [-0.15, -0.1) is 0 Å². The lowest BCUT2D eigenvalue weighted by Crippen LogP contribution is -2.41. The number of aromatic nitrogens is 2. The van der Waals surface area contributed by atoms with Crippen LogP contribution in [0, 0.1) is 5.82 Å². The normalized spacial score (nSPS) is 18.8. The molecule has 0 spiro atoms. The highest BCUT2D eigenvalue weighted by Crippen LogP contribution is 2.41. The van der Waals surface area contributed by atoms with Crippen LogP contribution in [0.1, 0.15) is 23.2 Å². The van der Waals surface area contributed by atoms with Gasteiger partial charge in [0.15, 0.2) is 11.5 Å². The summed E-state index contributed by atoms with van der Waals surface area (Å²) in [6.45, 7) is 0. The Labute approximate surface area is 169 Å². The number of amides is 1. The second kappa shape index (κ2) is 7.25. The van der Waals surface area contributed by atoms with Gasteiger partial charge in [0.25, 0.3) is 12.3 Å². The quantitative estimate of drug-likeness (QED) is 0.714. The third kappa shape index (κ3) is 3.08. The highest BCUT2D eigenvalue weighted by molar-refractivity contribution is 6.09. The van der Waals surface area contributed by atoms with Crippen molar-refractivity contribution in [2.24, 2.45) is 10.7 Å². The van der Waals surface area contributed by atoms with Crippen LogP contribution in [0.15, 0.2) is 66.0 Å². The SMILES string of the molecule is CN1C(=O)C(c2cccc(-c3cncc(F)c3)c2)(c2ccnc(C(F)F)c2)N=C1N. The molecule has 0 fully saturated rings. The summed E-state index contributed by atoms with van der Waals surface area (Å²) >= 11 is 0. The maximum Gasteiger partial charge on any atom is 0.280 e. The smallest absolute Gasteiger partial charge is 0.280 e. The first kappa shape index (κ1) is 19.6. The highest BCUT2D eigenvalue weighted by Gasteiger charge is 2.49. The Kier molecular flexibility index (Phi) is 4.73. The fourth-order valence-electron chi connectivity index (χ4n) is 3.47. The van der Waals surface area contributed by atoms with Crippen LogP contribution in [-0.4, -0.2) is 33.8 Å². The second-order valence-electron chi connectivity index (χ2n) is 6.79. The molecule has 0 aliphatic carbocycles. The Morgan fingerprint density at radius 2 is 1.83 bits per heavy atom. The number of benzene rings is 1. The first-order valence-corrected chi connectivity index (χ1v) is 8.92. The maximum atomic E-state index is 13.6. The average Bonchev–Trinajstić information content (AvgIpc) is 2.99. The second-order valence-corrected chi connectivity index (χ2v) is 6.79. The minimum Gasteiger partial charge on any atom is -0.369 e. The van der Waals surface area contributed by atoms with Crippen LogP contribution < -0.4 is 5.73 Å². The fraction of sp³-hybridized carbons (Fsp3) is 0.143. The third-order valence-electron chi connectivity index (χ3n) is 4.98. The number of hydrogen-bond acceptors (Lipinski definition) is 5. The van der Waals surface area contributed by atoms with E-state index < -0.39 is 29.4 Å². The summed E-state index contributed by atoms with van der Waals surface area (Å²) in [5, 5.41) is 0. The van der Waals surface area contributed by atoms with Gasteiger partial charge in [-0.05, 0) is 41.0 Å². The van der Waals surface area contributed by atoms with E-state index in [1.165, 1.54) is 36.5 Å². The lowest BCUT2D eigenvalue weighted by Gasteiger charge is -2.26. The molecule has 0 radical (unpaired) electrons. The number of nitrogens with two attached hydrogens (primary N) is 1. The Morgan fingerprint density at radius 1 is 1.07 bits per heavy atom. The molecule has 6 nitrogen and oxygen atoms in total. The molecule has 1 atom stereocenters. The van der Waals surface area contributed by atoms with Crippen LogP contribution in [0.2, 0.25) is 0 Å². The first-order valence-electron chi connectivity index (χ1n) is 8.92. The van der Waals surface area contributed by atoms with Crippen molar-refractivity contribution >= 4 is 11.9 Å². The summed E-state index contributed by atoms with van der Waals surface area (Å²) in [5.41, 5.74) is 5.45. The van der Waals surface area contributed by atoms with Crippen molar-refractivity contribution in [3.05, 3.63) is 83.7 Å². The zero-order valence-corrected chi connectivity index (χ0v) is 15.8. The summed E-state index contributed by atoms with van der Waals surface area (Å²) in [5.74, 6) is -1.06. The minimum absolute atomic E-state index is 0.0479. The van der Waals surface area contributed by atoms with E-state index >= 15 is 0 Å². The monoisotopic (exact) mass is 411 g/mol. The number of carbonyl (C=O) groups is 1. The third-order valence-corrected chi connectivity index (χ3v) is 4.98. The molecule has 0 saturated carbocycles. The molecule has 0 bridgehead atoms. The van der Waals surface area contributed by atoms with Gasteiger partial charge in [-0.3, -0.25) is 19.7 Å². The molecule has 2 aromatic heterocycles. The summed E-state index contributed by atoms with van der Waals surface area (Å²) in [6.07, 6.45) is 0.951. The number of guanidine groups is 1. The van der Waals surface area contributed by atoms with E-state index in [1.54, 1.807) is 24.3 Å². The molecule has 1 amide bonds. The molecule has 1 aromatic carbocycles. The summed E-state index contributed by atoms with van der Waals surface area (Å²) in [4.78, 5) is 26.3. The summed E-state index contributed by atoms with van der Waals surface area (Å²) in [6, 6.07) is 10.6. The van der Waals surface area contributed by atoms with Gasteiger partial charge in [0.05, 0.1) is 6.20 Å². The molecule has 1 aliphatic rings. The molecule has 152 valence electrons. The summed E-state index contributed by atoms with van der Waals surface area (Å²) < 4.78 is 40.2. The molecule has 4 rings (SSSR count). The molecular weight excluding hydrogens is 395 g/mol. The van der Waals surface area contributed by atoms with E-state index in [9.17, 15) is 18.0 Å². The van der Waals surface area contributed by atoms with Crippen LogP contribution in [0.5, 0.6) is 0 Å². The van der Waals surface area contributed by atoms with E-state index in [-0.39, 0.29) is 11.5 Å². The number of alkyl halides is 2. The number of rotatable bonds is 4. The van der Waals surface area contributed by atoms with Crippen LogP contribution in [0.3, 0.4) is 0 Å². The van der Waals surface area contributed by atoms with Gasteiger partial charge >= 0.3 is 0 Å². The van der Waals surface area contributed by atoms with Crippen molar-refractivity contribution in [1.82, 2.24) is 14.9 Å². The van der Waals surface area contributed by atoms with Gasteiger partial charge in [0.1, 0.15) is 11.5 Å². The van der Waals surface area contributed by atoms with Crippen molar-refractivity contribution in [3.63, 3.8) is 0 Å². The molecule has 30 heavy (non-hydrogen) atoms. The molecule has 1 unspecified atom stereocenters. The van der Waals surface area contributed by atoms with Gasteiger partial charge in [-0.25, -0.2) is 18.2 Å². The molecule has 9 heteroatoms. The number of halogens is 3. The molecular formula is C21H16F3N5O. The summed E-state index contributed by atoms with van der Waals surface area (Å²) in [7, 11) is 1.46. The minimum atomic E-state index is -2.82. The van der Waals surface area contributed by atoms with Crippen molar-refractivity contribution in [1.29, 1.82) is 0 Å². The fourth-order valence-corrected chi connectivity index (χ4v) is 3.47. The van der Waals surface area contributed by atoms with E-state index in [1.807, 2.05) is 0 Å². The maximum absolute atomic E-state index is 13.6. The van der Waals surface area contributed by atoms with Gasteiger partial charge in [-0.1, -0.05) is 18.2 Å². The van der Waals surface area contributed by atoms with Crippen molar-refractivity contribution in [2.75, 3.05) is 7.05 Å². The van der Waals surface area contributed by atoms with Crippen molar-refractivity contribution < 1.29 is 18.0 Å². The lowest BCUT2D eigenvalue weighted by atomic mass is 9.82. The predicted molar refractivity (Wildman–Crippen MR) is 104 cm³/mol. The van der Waals surface area contributed by atoms with Crippen LogP contribution in [0.25, 0.3) is 11.1 Å². The molecule has 3 aromatic rings. The number of nitrogens with zero attached hydrogens (tertiary/aromatic N) is 4. The molecule has 3 heterocycles. The van der Waals surface area contributed by atoms with Gasteiger partial charge in [-0.2, -0.15) is 0 Å². The topological polar surface area (TPSA) is 84.5 Å². The van der Waals surface area contributed by atoms with E-state index in [0.29, 0.717) is 16.7 Å². The van der Waals surface area contributed by atoms with E-state index in [0.717, 1.165) is 12.3 Å². The van der Waals surface area contributed by atoms with Gasteiger partial charge < -0.3 is 5.73 Å². The Balaban J connectivity index is 1.94. The lowest BCUT2D eigenvalue weighted by molar-refractivity contribution is -0.129. The molecule has 1 aliphatic heterocycles. The number of likely N-dealkylation sites (N-methyl/N-ethyl adjacent to an activating group) is 1. The Bertz CT molecular complexity index is 1170. The highest BCUT2D eigenvalue weighted by atomic mass is 19.3. The van der Waals surface area contributed by atoms with E-state index in [2.05, 4.69) is 15.0 Å². The Morgan fingerprint density at radius 3 is 2.50 bits per heavy atom. The number of hydrogen-bond donors (Lipinski definition) is 1. The largest absolute Gasteiger partial charge is 0.369 e.